The van der Waals surface area contributed by atoms with Gasteiger partial charge in [-0.3, -0.25) is 9.48 Å². The topological polar surface area (TPSA) is 59.0 Å². The van der Waals surface area contributed by atoms with Gasteiger partial charge in [0, 0.05) is 18.9 Å². The van der Waals surface area contributed by atoms with Crippen molar-refractivity contribution in [2.45, 2.75) is 32.0 Å². The molecule has 0 saturated carbocycles. The molecule has 1 aliphatic rings. The SMILES string of the molecule is O=C(NCc1cccc(Cn2cccn2)c1)C1CCCN1. The normalized spacial score (nSPS) is 17.8. The smallest absolute Gasteiger partial charge is 0.237 e. The monoisotopic (exact) mass is 284 g/mol. The number of nitrogens with zero attached hydrogens (tertiary/aromatic N) is 2. The van der Waals surface area contributed by atoms with Crippen molar-refractivity contribution < 1.29 is 4.79 Å². The molecule has 2 N–H and O–H groups in total. The number of hydrogen-bond acceptors (Lipinski definition) is 3. The molecular weight excluding hydrogens is 264 g/mol. The number of benzene rings is 1. The van der Waals surface area contributed by atoms with Gasteiger partial charge in [-0.15, -0.1) is 0 Å². The molecule has 1 aliphatic heterocycles. The number of hydrogen-bond donors (Lipinski definition) is 2. The molecule has 110 valence electrons. The summed E-state index contributed by atoms with van der Waals surface area (Å²) in [5.74, 6) is 0.102. The second-order valence-electron chi connectivity index (χ2n) is 5.39. The van der Waals surface area contributed by atoms with Gasteiger partial charge in [-0.05, 0) is 36.6 Å². The van der Waals surface area contributed by atoms with Gasteiger partial charge in [0.2, 0.25) is 5.91 Å². The molecule has 1 saturated heterocycles. The van der Waals surface area contributed by atoms with Crippen molar-refractivity contribution in [3.05, 3.63) is 53.9 Å². The molecule has 21 heavy (non-hydrogen) atoms. The second-order valence-corrected chi connectivity index (χ2v) is 5.39. The van der Waals surface area contributed by atoms with Gasteiger partial charge < -0.3 is 10.6 Å². The Bertz CT molecular complexity index is 588. The minimum absolute atomic E-state index is 0.0164. The summed E-state index contributed by atoms with van der Waals surface area (Å²) in [6, 6.07) is 10.1. The van der Waals surface area contributed by atoms with E-state index in [1.165, 1.54) is 5.56 Å². The van der Waals surface area contributed by atoms with Crippen LogP contribution in [0, 0.1) is 0 Å². The van der Waals surface area contributed by atoms with E-state index in [0.717, 1.165) is 31.5 Å². The molecule has 1 atom stereocenters. The van der Waals surface area contributed by atoms with Crippen LogP contribution < -0.4 is 10.6 Å². The molecule has 5 nitrogen and oxygen atoms in total. The lowest BCUT2D eigenvalue weighted by molar-refractivity contribution is -0.122. The predicted molar refractivity (Wildman–Crippen MR) is 80.6 cm³/mol. The first kappa shape index (κ1) is 13.8. The highest BCUT2D eigenvalue weighted by Gasteiger charge is 2.21. The Hall–Kier alpha value is -2.14. The molecule has 2 heterocycles. The maximum absolute atomic E-state index is 12.0. The largest absolute Gasteiger partial charge is 0.351 e. The van der Waals surface area contributed by atoms with Crippen molar-refractivity contribution in [2.75, 3.05) is 6.54 Å². The first-order chi connectivity index (χ1) is 10.3. The van der Waals surface area contributed by atoms with E-state index in [9.17, 15) is 4.79 Å². The fourth-order valence-electron chi connectivity index (χ4n) is 2.64. The zero-order valence-corrected chi connectivity index (χ0v) is 12.0. The molecular formula is C16H20N4O. The van der Waals surface area contributed by atoms with Crippen molar-refractivity contribution in [3.8, 4) is 0 Å². The average Bonchev–Trinajstić information content (AvgIpc) is 3.18. The van der Waals surface area contributed by atoms with Gasteiger partial charge in [0.05, 0.1) is 12.6 Å². The van der Waals surface area contributed by atoms with Crippen molar-refractivity contribution in [1.82, 2.24) is 20.4 Å². The van der Waals surface area contributed by atoms with Crippen LogP contribution in [0.15, 0.2) is 42.7 Å². The highest BCUT2D eigenvalue weighted by molar-refractivity contribution is 5.81. The Labute approximate surface area is 124 Å². The Kier molecular flexibility index (Phi) is 4.31. The lowest BCUT2D eigenvalue weighted by Crippen LogP contribution is -2.40. The number of rotatable bonds is 5. The highest BCUT2D eigenvalue weighted by Crippen LogP contribution is 2.08. The number of carbonyl (C=O) groups excluding carboxylic acids is 1. The van der Waals surface area contributed by atoms with Gasteiger partial charge in [0.25, 0.3) is 0 Å². The summed E-state index contributed by atoms with van der Waals surface area (Å²) in [5, 5.41) is 10.4. The van der Waals surface area contributed by atoms with Crippen LogP contribution in [0.2, 0.25) is 0 Å². The Balaban J connectivity index is 1.56. The molecule has 3 rings (SSSR count). The van der Waals surface area contributed by atoms with Crippen LogP contribution in [0.4, 0.5) is 0 Å². The van der Waals surface area contributed by atoms with Gasteiger partial charge in [0.1, 0.15) is 0 Å². The van der Waals surface area contributed by atoms with Crippen LogP contribution in [0.5, 0.6) is 0 Å². The minimum atomic E-state index is -0.0164. The van der Waals surface area contributed by atoms with Gasteiger partial charge in [0.15, 0.2) is 0 Å². The van der Waals surface area contributed by atoms with E-state index in [-0.39, 0.29) is 11.9 Å². The number of nitrogens with one attached hydrogen (secondary N) is 2. The summed E-state index contributed by atoms with van der Waals surface area (Å²) in [7, 11) is 0. The van der Waals surface area contributed by atoms with Gasteiger partial charge in [-0.25, -0.2) is 0 Å². The summed E-state index contributed by atoms with van der Waals surface area (Å²) in [5.41, 5.74) is 2.30. The van der Waals surface area contributed by atoms with Gasteiger partial charge >= 0.3 is 0 Å². The zero-order valence-electron chi connectivity index (χ0n) is 12.0. The first-order valence-corrected chi connectivity index (χ1v) is 7.37. The molecule has 1 amide bonds. The third-order valence-electron chi connectivity index (χ3n) is 3.74. The lowest BCUT2D eigenvalue weighted by Gasteiger charge is -2.11. The first-order valence-electron chi connectivity index (χ1n) is 7.37. The standard InChI is InChI=1S/C16H20N4O/c21-16(15-6-2-7-17-15)18-11-13-4-1-5-14(10-13)12-20-9-3-8-19-20/h1,3-5,8-10,15,17H,2,6-7,11-12H2,(H,18,21). The Morgan fingerprint density at radius 3 is 3.05 bits per heavy atom. The Morgan fingerprint density at radius 1 is 1.38 bits per heavy atom. The molecule has 0 radical (unpaired) electrons. The highest BCUT2D eigenvalue weighted by atomic mass is 16.2. The number of aromatic nitrogens is 2. The van der Waals surface area contributed by atoms with Crippen LogP contribution in [0.1, 0.15) is 24.0 Å². The van der Waals surface area contributed by atoms with Crippen molar-refractivity contribution in [3.63, 3.8) is 0 Å². The maximum Gasteiger partial charge on any atom is 0.237 e. The molecule has 2 aromatic rings. The second kappa shape index (κ2) is 6.54. The third kappa shape index (κ3) is 3.70. The van der Waals surface area contributed by atoms with E-state index in [2.05, 4.69) is 27.9 Å². The number of amides is 1. The molecule has 0 aliphatic carbocycles. The molecule has 1 aromatic heterocycles. The fourth-order valence-corrected chi connectivity index (χ4v) is 2.64. The summed E-state index contributed by atoms with van der Waals surface area (Å²) in [4.78, 5) is 12.0. The molecule has 0 spiro atoms. The van der Waals surface area contributed by atoms with Crippen molar-refractivity contribution in [2.24, 2.45) is 0 Å². The van der Waals surface area contributed by atoms with E-state index < -0.39 is 0 Å². The van der Waals surface area contributed by atoms with Crippen molar-refractivity contribution in [1.29, 1.82) is 0 Å². The zero-order chi connectivity index (χ0) is 14.5. The summed E-state index contributed by atoms with van der Waals surface area (Å²) in [6.45, 7) is 2.26. The molecule has 1 fully saturated rings. The predicted octanol–water partition coefficient (Wildman–Crippen LogP) is 1.30. The van der Waals surface area contributed by atoms with E-state index in [4.69, 9.17) is 0 Å². The van der Waals surface area contributed by atoms with E-state index in [1.807, 2.05) is 29.1 Å². The fraction of sp³-hybridized carbons (Fsp3) is 0.375. The van der Waals surface area contributed by atoms with E-state index in [0.29, 0.717) is 6.54 Å². The van der Waals surface area contributed by atoms with Gasteiger partial charge in [-0.2, -0.15) is 5.10 Å². The number of carbonyl (C=O) groups is 1. The Morgan fingerprint density at radius 2 is 2.29 bits per heavy atom. The van der Waals surface area contributed by atoms with Crippen LogP contribution in [-0.4, -0.2) is 28.3 Å². The molecule has 5 heteroatoms. The lowest BCUT2D eigenvalue weighted by atomic mass is 10.1. The molecule has 1 unspecified atom stereocenters. The van der Waals surface area contributed by atoms with Crippen LogP contribution in [0.25, 0.3) is 0 Å². The minimum Gasteiger partial charge on any atom is -0.351 e. The molecule has 0 bridgehead atoms. The average molecular weight is 284 g/mol. The van der Waals surface area contributed by atoms with E-state index >= 15 is 0 Å². The van der Waals surface area contributed by atoms with E-state index in [1.54, 1.807) is 6.20 Å². The van der Waals surface area contributed by atoms with Crippen LogP contribution in [0.3, 0.4) is 0 Å². The van der Waals surface area contributed by atoms with Gasteiger partial charge in [-0.1, -0.05) is 24.3 Å². The maximum atomic E-state index is 12.0. The quantitative estimate of drug-likeness (QED) is 0.870. The van der Waals surface area contributed by atoms with Crippen LogP contribution >= 0.6 is 0 Å². The van der Waals surface area contributed by atoms with Crippen molar-refractivity contribution >= 4 is 5.91 Å². The third-order valence-corrected chi connectivity index (χ3v) is 3.74. The summed E-state index contributed by atoms with van der Waals surface area (Å²) < 4.78 is 1.89. The summed E-state index contributed by atoms with van der Waals surface area (Å²) >= 11 is 0. The molecule has 1 aromatic carbocycles. The van der Waals surface area contributed by atoms with Crippen LogP contribution in [-0.2, 0) is 17.9 Å². The summed E-state index contributed by atoms with van der Waals surface area (Å²) in [6.07, 6.45) is 5.74.